The van der Waals surface area contributed by atoms with Gasteiger partial charge >= 0.3 is 0 Å². The highest BCUT2D eigenvalue weighted by Crippen LogP contribution is 2.27. The highest BCUT2D eigenvalue weighted by atomic mass is 79.9. The van der Waals surface area contributed by atoms with Crippen molar-refractivity contribution >= 4 is 43.5 Å². The van der Waals surface area contributed by atoms with Crippen molar-refractivity contribution in [2.24, 2.45) is 0 Å². The zero-order chi connectivity index (χ0) is 20.1. The second kappa shape index (κ2) is 9.39. The number of hydrogen-bond acceptors (Lipinski definition) is 6. The number of hydrogen-bond donors (Lipinski definition) is 0. The summed E-state index contributed by atoms with van der Waals surface area (Å²) < 4.78 is 32.7. The van der Waals surface area contributed by atoms with Gasteiger partial charge in [-0.3, -0.25) is 4.79 Å². The van der Waals surface area contributed by atoms with Crippen LogP contribution in [0.5, 0.6) is 5.75 Å². The van der Waals surface area contributed by atoms with Crippen LogP contribution >= 0.6 is 27.7 Å². The van der Waals surface area contributed by atoms with Crippen molar-refractivity contribution in [3.05, 3.63) is 46.6 Å². The van der Waals surface area contributed by atoms with Crippen LogP contribution in [0.2, 0.25) is 0 Å². The standard InChI is InChI=1S/C19H21BrN2O4S2/c1-26-18-7-5-14(11-16(18)20)17(23)13-27-19-8-6-15(12-21-19)28(24,25)22-9-3-2-4-10-22/h5-8,11-12H,2-4,9-10,13H2,1H3. The lowest BCUT2D eigenvalue weighted by Gasteiger charge is -2.25. The minimum atomic E-state index is -3.49. The minimum absolute atomic E-state index is 0.0415. The van der Waals surface area contributed by atoms with Crippen LogP contribution < -0.4 is 4.74 Å². The average molecular weight is 485 g/mol. The molecule has 9 heteroatoms. The lowest BCUT2D eigenvalue weighted by molar-refractivity contribution is 0.102. The average Bonchev–Trinajstić information content (AvgIpc) is 2.73. The molecule has 2 aromatic rings. The topological polar surface area (TPSA) is 76.6 Å². The Morgan fingerprint density at radius 3 is 2.57 bits per heavy atom. The molecule has 28 heavy (non-hydrogen) atoms. The van der Waals surface area contributed by atoms with E-state index in [1.165, 1.54) is 22.3 Å². The number of nitrogens with zero attached hydrogens (tertiary/aromatic N) is 2. The van der Waals surface area contributed by atoms with E-state index in [0.717, 1.165) is 23.7 Å². The Labute approximate surface area is 177 Å². The van der Waals surface area contributed by atoms with E-state index in [4.69, 9.17) is 4.74 Å². The summed E-state index contributed by atoms with van der Waals surface area (Å²) in [5, 5.41) is 0.610. The molecule has 0 saturated carbocycles. The maximum Gasteiger partial charge on any atom is 0.244 e. The third kappa shape index (κ3) is 4.94. The van der Waals surface area contributed by atoms with Crippen LogP contribution in [0.3, 0.4) is 0 Å². The molecule has 1 aromatic carbocycles. The number of carbonyl (C=O) groups is 1. The Balaban J connectivity index is 1.63. The van der Waals surface area contributed by atoms with E-state index in [1.54, 1.807) is 37.4 Å². The van der Waals surface area contributed by atoms with Crippen LogP contribution in [0.15, 0.2) is 50.9 Å². The van der Waals surface area contributed by atoms with Crippen LogP contribution in [-0.4, -0.2) is 49.4 Å². The van der Waals surface area contributed by atoms with Crippen molar-refractivity contribution in [1.29, 1.82) is 0 Å². The number of ketones is 1. The van der Waals surface area contributed by atoms with Crippen molar-refractivity contribution in [2.75, 3.05) is 26.0 Å². The molecule has 0 atom stereocenters. The number of ether oxygens (including phenoxy) is 1. The number of sulfonamides is 1. The molecule has 0 aliphatic carbocycles. The summed E-state index contributed by atoms with van der Waals surface area (Å²) in [6, 6.07) is 8.39. The molecular formula is C19H21BrN2O4S2. The van der Waals surface area contributed by atoms with Gasteiger partial charge in [0.1, 0.15) is 10.6 Å². The van der Waals surface area contributed by atoms with E-state index in [2.05, 4.69) is 20.9 Å². The Hall–Kier alpha value is -1.42. The molecule has 6 nitrogen and oxygen atoms in total. The van der Waals surface area contributed by atoms with Gasteiger partial charge in [-0.25, -0.2) is 13.4 Å². The fourth-order valence-corrected chi connectivity index (χ4v) is 5.66. The SMILES string of the molecule is COc1ccc(C(=O)CSc2ccc(S(=O)(=O)N3CCCCC3)cn2)cc1Br. The number of Topliss-reactive ketones (excluding diaryl/α,β-unsaturated/α-hetero) is 1. The molecule has 0 N–H and O–H groups in total. The van der Waals surface area contributed by atoms with Crippen LogP contribution in [-0.2, 0) is 10.0 Å². The number of thioether (sulfide) groups is 1. The van der Waals surface area contributed by atoms with E-state index >= 15 is 0 Å². The first-order chi connectivity index (χ1) is 13.4. The Kier molecular flexibility index (Phi) is 7.14. The number of pyridine rings is 1. The van der Waals surface area contributed by atoms with Crippen molar-refractivity contribution in [3.8, 4) is 5.75 Å². The molecule has 1 saturated heterocycles. The Morgan fingerprint density at radius 2 is 1.96 bits per heavy atom. The molecule has 150 valence electrons. The first kappa shape index (κ1) is 21.3. The third-order valence-electron chi connectivity index (χ3n) is 4.49. The quantitative estimate of drug-likeness (QED) is 0.436. The molecule has 0 radical (unpaired) electrons. The number of piperidine rings is 1. The van der Waals surface area contributed by atoms with Crippen molar-refractivity contribution in [2.45, 2.75) is 29.2 Å². The van der Waals surface area contributed by atoms with Crippen molar-refractivity contribution < 1.29 is 17.9 Å². The molecule has 2 heterocycles. The zero-order valence-electron chi connectivity index (χ0n) is 15.4. The number of benzene rings is 1. The van der Waals surface area contributed by atoms with Crippen LogP contribution in [0, 0.1) is 0 Å². The number of halogens is 1. The fourth-order valence-electron chi connectivity index (χ4n) is 2.92. The van der Waals surface area contributed by atoms with E-state index in [-0.39, 0.29) is 16.4 Å². The predicted octanol–water partition coefficient (Wildman–Crippen LogP) is 4.00. The first-order valence-corrected chi connectivity index (χ1v) is 12.1. The molecule has 1 aromatic heterocycles. The van der Waals surface area contributed by atoms with Gasteiger partial charge in [0.05, 0.1) is 22.4 Å². The van der Waals surface area contributed by atoms with Gasteiger partial charge in [0.15, 0.2) is 5.78 Å². The lowest BCUT2D eigenvalue weighted by atomic mass is 10.1. The molecule has 0 unspecified atom stereocenters. The monoisotopic (exact) mass is 484 g/mol. The van der Waals surface area contributed by atoms with E-state index < -0.39 is 10.0 Å². The fraction of sp³-hybridized carbons (Fsp3) is 0.368. The highest BCUT2D eigenvalue weighted by Gasteiger charge is 2.26. The number of methoxy groups -OCH3 is 1. The van der Waals surface area contributed by atoms with Crippen LogP contribution in [0.4, 0.5) is 0 Å². The van der Waals surface area contributed by atoms with E-state index in [9.17, 15) is 13.2 Å². The van der Waals surface area contributed by atoms with Crippen LogP contribution in [0.1, 0.15) is 29.6 Å². The van der Waals surface area contributed by atoms with Crippen molar-refractivity contribution in [1.82, 2.24) is 9.29 Å². The Bertz CT molecular complexity index is 943. The third-order valence-corrected chi connectivity index (χ3v) is 7.93. The number of aromatic nitrogens is 1. The maximum absolute atomic E-state index is 12.6. The summed E-state index contributed by atoms with van der Waals surface area (Å²) in [4.78, 5) is 16.8. The van der Waals surface area contributed by atoms with Gasteiger partial charge < -0.3 is 4.74 Å². The molecular weight excluding hydrogens is 464 g/mol. The summed E-state index contributed by atoms with van der Waals surface area (Å²) in [6.45, 7) is 1.12. The van der Waals surface area contributed by atoms with Gasteiger partial charge in [0, 0.05) is 24.8 Å². The summed E-state index contributed by atoms with van der Waals surface area (Å²) in [5.74, 6) is 0.834. The largest absolute Gasteiger partial charge is 0.496 e. The molecule has 1 fully saturated rings. The summed E-state index contributed by atoms with van der Waals surface area (Å²) >= 11 is 4.65. The van der Waals surface area contributed by atoms with Gasteiger partial charge in [-0.2, -0.15) is 4.31 Å². The molecule has 0 spiro atoms. The highest BCUT2D eigenvalue weighted by molar-refractivity contribution is 9.10. The summed E-state index contributed by atoms with van der Waals surface area (Å²) in [5.41, 5.74) is 0.574. The van der Waals surface area contributed by atoms with Gasteiger partial charge in [-0.05, 0) is 59.1 Å². The van der Waals surface area contributed by atoms with Crippen molar-refractivity contribution in [3.63, 3.8) is 0 Å². The van der Waals surface area contributed by atoms with E-state index in [0.29, 0.717) is 29.4 Å². The first-order valence-electron chi connectivity index (χ1n) is 8.87. The molecule has 1 aliphatic rings. The van der Waals surface area contributed by atoms with Gasteiger partial charge in [0.2, 0.25) is 10.0 Å². The predicted molar refractivity (Wildman–Crippen MR) is 113 cm³/mol. The summed E-state index contributed by atoms with van der Waals surface area (Å²) in [7, 11) is -1.92. The number of carbonyl (C=O) groups excluding carboxylic acids is 1. The second-order valence-corrected chi connectivity index (χ2v) is 10.1. The van der Waals surface area contributed by atoms with Gasteiger partial charge in [0.25, 0.3) is 0 Å². The molecule has 3 rings (SSSR count). The normalized spacial score (nSPS) is 15.4. The lowest BCUT2D eigenvalue weighted by Crippen LogP contribution is -2.35. The van der Waals surface area contributed by atoms with Gasteiger partial charge in [-0.15, -0.1) is 0 Å². The molecule has 0 bridgehead atoms. The van der Waals surface area contributed by atoms with Gasteiger partial charge in [-0.1, -0.05) is 18.2 Å². The zero-order valence-corrected chi connectivity index (χ0v) is 18.6. The number of rotatable bonds is 7. The molecule has 1 aliphatic heterocycles. The smallest absolute Gasteiger partial charge is 0.244 e. The summed E-state index contributed by atoms with van der Waals surface area (Å²) in [6.07, 6.45) is 4.23. The van der Waals surface area contributed by atoms with Crippen LogP contribution in [0.25, 0.3) is 0 Å². The molecule has 0 amide bonds. The Morgan fingerprint density at radius 1 is 1.21 bits per heavy atom. The minimum Gasteiger partial charge on any atom is -0.496 e. The second-order valence-electron chi connectivity index (χ2n) is 6.36. The van der Waals surface area contributed by atoms with E-state index in [1.807, 2.05) is 0 Å². The maximum atomic E-state index is 12.6.